The van der Waals surface area contributed by atoms with E-state index >= 15 is 0 Å². The van der Waals surface area contributed by atoms with Crippen LogP contribution >= 0.6 is 0 Å². The van der Waals surface area contributed by atoms with Crippen LogP contribution in [0.25, 0.3) is 0 Å². The van der Waals surface area contributed by atoms with Crippen molar-refractivity contribution in [2.45, 2.75) is 18.4 Å². The molecule has 0 aromatic heterocycles. The van der Waals surface area contributed by atoms with E-state index in [1.807, 2.05) is 48.5 Å². The highest BCUT2D eigenvalue weighted by atomic mass is 19.1. The van der Waals surface area contributed by atoms with Gasteiger partial charge in [0.05, 0.1) is 12.0 Å². The molecule has 1 aliphatic rings. The summed E-state index contributed by atoms with van der Waals surface area (Å²) in [6.45, 7) is 0. The standard InChI is InChI=1S/C23H19FN2O2/c24-17-12-10-16(11-13-17)22(15-6-2-1-3-7-15)26-23(28)19-14-21(27)25-20-9-5-4-8-18(19)20/h1-13,19,22H,14H2,(H,25,27)(H,26,28). The van der Waals surface area contributed by atoms with Gasteiger partial charge < -0.3 is 10.6 Å². The summed E-state index contributed by atoms with van der Waals surface area (Å²) in [7, 11) is 0. The van der Waals surface area contributed by atoms with E-state index in [0.717, 1.165) is 16.7 Å². The summed E-state index contributed by atoms with van der Waals surface area (Å²) in [5.74, 6) is -1.33. The van der Waals surface area contributed by atoms with Gasteiger partial charge in [-0.25, -0.2) is 4.39 Å². The van der Waals surface area contributed by atoms with Crippen LogP contribution in [0, 0.1) is 5.82 Å². The maximum absolute atomic E-state index is 13.4. The Balaban J connectivity index is 1.66. The minimum atomic E-state index is -0.573. The average Bonchev–Trinajstić information content (AvgIpc) is 2.72. The van der Waals surface area contributed by atoms with Crippen molar-refractivity contribution in [2.75, 3.05) is 5.32 Å². The molecule has 4 rings (SSSR count). The van der Waals surface area contributed by atoms with Crippen LogP contribution in [-0.2, 0) is 9.59 Å². The molecule has 4 nitrogen and oxygen atoms in total. The molecule has 0 saturated carbocycles. The van der Waals surface area contributed by atoms with Crippen molar-refractivity contribution in [1.82, 2.24) is 5.32 Å². The van der Waals surface area contributed by atoms with Crippen molar-refractivity contribution >= 4 is 17.5 Å². The lowest BCUT2D eigenvalue weighted by molar-refractivity contribution is -0.126. The molecule has 0 radical (unpaired) electrons. The lowest BCUT2D eigenvalue weighted by Gasteiger charge is -2.27. The van der Waals surface area contributed by atoms with Crippen LogP contribution in [0.5, 0.6) is 0 Å². The van der Waals surface area contributed by atoms with Crippen molar-refractivity contribution in [3.8, 4) is 0 Å². The number of halogens is 1. The molecule has 5 heteroatoms. The number of para-hydroxylation sites is 1. The van der Waals surface area contributed by atoms with Crippen molar-refractivity contribution in [3.05, 3.63) is 101 Å². The van der Waals surface area contributed by atoms with Gasteiger partial charge in [-0.1, -0.05) is 60.7 Å². The molecule has 0 fully saturated rings. The summed E-state index contributed by atoms with van der Waals surface area (Å²) in [5, 5.41) is 5.87. The molecule has 2 N–H and O–H groups in total. The Hall–Kier alpha value is -3.47. The molecule has 0 aliphatic carbocycles. The Labute approximate surface area is 162 Å². The third kappa shape index (κ3) is 3.64. The molecule has 140 valence electrons. The molecule has 2 amide bonds. The smallest absolute Gasteiger partial charge is 0.228 e. The second kappa shape index (κ2) is 7.64. The van der Waals surface area contributed by atoms with Crippen molar-refractivity contribution in [3.63, 3.8) is 0 Å². The number of hydrogen-bond acceptors (Lipinski definition) is 2. The quantitative estimate of drug-likeness (QED) is 0.721. The highest BCUT2D eigenvalue weighted by molar-refractivity contribution is 6.01. The van der Waals surface area contributed by atoms with E-state index in [9.17, 15) is 14.0 Å². The summed E-state index contributed by atoms with van der Waals surface area (Å²) in [6.07, 6.45) is 0.0910. The van der Waals surface area contributed by atoms with Crippen LogP contribution in [0.1, 0.15) is 35.1 Å². The van der Waals surface area contributed by atoms with Gasteiger partial charge in [0, 0.05) is 12.1 Å². The monoisotopic (exact) mass is 374 g/mol. The number of fused-ring (bicyclic) bond motifs is 1. The number of rotatable bonds is 4. The van der Waals surface area contributed by atoms with Gasteiger partial charge in [-0.2, -0.15) is 0 Å². The topological polar surface area (TPSA) is 58.2 Å². The summed E-state index contributed by atoms with van der Waals surface area (Å²) in [4.78, 5) is 25.2. The third-order valence-electron chi connectivity index (χ3n) is 4.94. The Kier molecular flexibility index (Phi) is 4.89. The van der Waals surface area contributed by atoms with E-state index in [1.165, 1.54) is 12.1 Å². The van der Waals surface area contributed by atoms with Crippen LogP contribution < -0.4 is 10.6 Å². The van der Waals surface area contributed by atoms with Gasteiger partial charge in [0.2, 0.25) is 11.8 Å². The number of nitrogens with one attached hydrogen (secondary N) is 2. The first-order valence-electron chi connectivity index (χ1n) is 9.11. The van der Waals surface area contributed by atoms with Crippen LogP contribution in [-0.4, -0.2) is 11.8 Å². The minimum absolute atomic E-state index is 0.0910. The molecule has 2 unspecified atom stereocenters. The van der Waals surface area contributed by atoms with Crippen molar-refractivity contribution in [1.29, 1.82) is 0 Å². The zero-order valence-electron chi connectivity index (χ0n) is 15.1. The van der Waals surface area contributed by atoms with E-state index in [1.54, 1.807) is 18.2 Å². The summed E-state index contributed by atoms with van der Waals surface area (Å²) >= 11 is 0. The molecule has 0 spiro atoms. The lowest BCUT2D eigenvalue weighted by atomic mass is 9.89. The number of carbonyl (C=O) groups excluding carboxylic acids is 2. The predicted molar refractivity (Wildman–Crippen MR) is 105 cm³/mol. The molecule has 3 aromatic carbocycles. The second-order valence-electron chi connectivity index (χ2n) is 6.80. The highest BCUT2D eigenvalue weighted by Gasteiger charge is 2.32. The summed E-state index contributed by atoms with van der Waals surface area (Å²) in [5.41, 5.74) is 3.12. The largest absolute Gasteiger partial charge is 0.345 e. The van der Waals surface area contributed by atoms with Gasteiger partial charge in [0.1, 0.15) is 5.82 Å². The molecule has 3 aromatic rings. The first-order chi connectivity index (χ1) is 13.6. The van der Waals surface area contributed by atoms with E-state index in [4.69, 9.17) is 0 Å². The van der Waals surface area contributed by atoms with E-state index in [-0.39, 0.29) is 24.1 Å². The van der Waals surface area contributed by atoms with Gasteiger partial charge in [-0.3, -0.25) is 9.59 Å². The van der Waals surface area contributed by atoms with Crippen LogP contribution in [0.3, 0.4) is 0 Å². The van der Waals surface area contributed by atoms with Crippen LogP contribution in [0.2, 0.25) is 0 Å². The zero-order valence-corrected chi connectivity index (χ0v) is 15.1. The van der Waals surface area contributed by atoms with Crippen molar-refractivity contribution in [2.24, 2.45) is 0 Å². The fourth-order valence-electron chi connectivity index (χ4n) is 3.55. The minimum Gasteiger partial charge on any atom is -0.345 e. The lowest BCUT2D eigenvalue weighted by Crippen LogP contribution is -2.37. The first-order valence-corrected chi connectivity index (χ1v) is 9.11. The first kappa shape index (κ1) is 17.9. The molecule has 0 bridgehead atoms. The maximum Gasteiger partial charge on any atom is 0.228 e. The number of anilines is 1. The molecule has 0 saturated heterocycles. The molecule has 2 atom stereocenters. The van der Waals surface area contributed by atoms with E-state index in [2.05, 4.69) is 10.6 Å². The van der Waals surface area contributed by atoms with E-state index in [0.29, 0.717) is 5.69 Å². The fourth-order valence-corrected chi connectivity index (χ4v) is 3.55. The Morgan fingerprint density at radius 1 is 0.929 bits per heavy atom. The SMILES string of the molecule is O=C1CC(C(=O)NC(c2ccccc2)c2ccc(F)cc2)c2ccccc2N1. The van der Waals surface area contributed by atoms with Crippen LogP contribution in [0.4, 0.5) is 10.1 Å². The number of amides is 2. The number of benzene rings is 3. The molecule has 28 heavy (non-hydrogen) atoms. The van der Waals surface area contributed by atoms with Gasteiger partial charge in [0.15, 0.2) is 0 Å². The number of carbonyl (C=O) groups is 2. The van der Waals surface area contributed by atoms with Gasteiger partial charge in [-0.05, 0) is 34.9 Å². The predicted octanol–water partition coefficient (Wildman–Crippen LogP) is 4.16. The maximum atomic E-state index is 13.4. The van der Waals surface area contributed by atoms with Crippen LogP contribution in [0.15, 0.2) is 78.9 Å². The van der Waals surface area contributed by atoms with Gasteiger partial charge in [-0.15, -0.1) is 0 Å². The Morgan fingerprint density at radius 3 is 2.32 bits per heavy atom. The fraction of sp³-hybridized carbons (Fsp3) is 0.130. The highest BCUT2D eigenvalue weighted by Crippen LogP contribution is 2.33. The molecule has 1 aliphatic heterocycles. The number of hydrogen-bond donors (Lipinski definition) is 2. The van der Waals surface area contributed by atoms with E-state index < -0.39 is 12.0 Å². The zero-order chi connectivity index (χ0) is 19.5. The molecular weight excluding hydrogens is 355 g/mol. The molecule has 1 heterocycles. The Morgan fingerprint density at radius 2 is 1.57 bits per heavy atom. The average molecular weight is 374 g/mol. The van der Waals surface area contributed by atoms with Gasteiger partial charge >= 0.3 is 0 Å². The Bertz CT molecular complexity index is 1000. The molecular formula is C23H19FN2O2. The van der Waals surface area contributed by atoms with Crippen molar-refractivity contribution < 1.29 is 14.0 Å². The normalized spacial score (nSPS) is 16.6. The summed E-state index contributed by atoms with van der Waals surface area (Å²) < 4.78 is 13.4. The summed E-state index contributed by atoms with van der Waals surface area (Å²) in [6, 6.07) is 22.5. The third-order valence-corrected chi connectivity index (χ3v) is 4.94. The second-order valence-corrected chi connectivity index (χ2v) is 6.80. The van der Waals surface area contributed by atoms with Gasteiger partial charge in [0.25, 0.3) is 0 Å².